The summed E-state index contributed by atoms with van der Waals surface area (Å²) in [4.78, 5) is 36.7. The first-order valence-electron chi connectivity index (χ1n) is 8.91. The van der Waals surface area contributed by atoms with Crippen molar-refractivity contribution in [1.29, 1.82) is 0 Å². The van der Waals surface area contributed by atoms with Crippen LogP contribution in [0.25, 0.3) is 0 Å². The fourth-order valence-corrected chi connectivity index (χ4v) is 3.77. The molecule has 0 spiro atoms. The molecule has 0 bridgehead atoms. The van der Waals surface area contributed by atoms with Gasteiger partial charge in [-0.25, -0.2) is 0 Å². The molecule has 2 heterocycles. The van der Waals surface area contributed by atoms with E-state index in [1.807, 2.05) is 18.0 Å². The third-order valence-corrected chi connectivity index (χ3v) is 5.27. The molecule has 0 aliphatic carbocycles. The minimum absolute atomic E-state index is 0.212. The number of amides is 2. The van der Waals surface area contributed by atoms with Crippen LogP contribution in [0.2, 0.25) is 0 Å². The highest BCUT2D eigenvalue weighted by Crippen LogP contribution is 2.27. The lowest BCUT2D eigenvalue weighted by atomic mass is 9.88. The third kappa shape index (κ3) is 4.14. The Kier molecular flexibility index (Phi) is 5.60. The molecule has 2 saturated heterocycles. The third-order valence-electron chi connectivity index (χ3n) is 5.27. The standard InChI is InChI=1S/C19H25N3O3/c1-22(17-4-5-18(24)21-19(17)25)11-16-10-14(2-3-15(16)12-23)13-6-8-20-9-7-13/h2-3,10,12-13,17,20H,4-9,11H2,1H3,(H,21,24,25). The van der Waals surface area contributed by atoms with Crippen molar-refractivity contribution in [3.05, 3.63) is 34.9 Å². The van der Waals surface area contributed by atoms with Crippen LogP contribution in [0, 0.1) is 0 Å². The number of hydrogen-bond donors (Lipinski definition) is 2. The minimum Gasteiger partial charge on any atom is -0.317 e. The van der Waals surface area contributed by atoms with Gasteiger partial charge in [0.1, 0.15) is 6.29 Å². The smallest absolute Gasteiger partial charge is 0.243 e. The van der Waals surface area contributed by atoms with Crippen LogP contribution in [-0.2, 0) is 16.1 Å². The number of piperidine rings is 2. The van der Waals surface area contributed by atoms with Crippen LogP contribution in [0.3, 0.4) is 0 Å². The highest BCUT2D eigenvalue weighted by molar-refractivity contribution is 6.00. The van der Waals surface area contributed by atoms with Crippen LogP contribution in [0.15, 0.2) is 18.2 Å². The first-order valence-corrected chi connectivity index (χ1v) is 8.91. The first kappa shape index (κ1) is 17.8. The lowest BCUT2D eigenvalue weighted by Crippen LogP contribution is -2.51. The van der Waals surface area contributed by atoms with E-state index in [2.05, 4.69) is 22.8 Å². The second kappa shape index (κ2) is 7.89. The van der Waals surface area contributed by atoms with E-state index in [0.717, 1.165) is 37.8 Å². The summed E-state index contributed by atoms with van der Waals surface area (Å²) in [6.45, 7) is 2.55. The topological polar surface area (TPSA) is 78.5 Å². The molecule has 3 rings (SSSR count). The average molecular weight is 343 g/mol. The second-order valence-corrected chi connectivity index (χ2v) is 6.98. The molecule has 6 nitrogen and oxygen atoms in total. The van der Waals surface area contributed by atoms with Gasteiger partial charge in [-0.3, -0.25) is 24.6 Å². The van der Waals surface area contributed by atoms with Gasteiger partial charge in [0.05, 0.1) is 6.04 Å². The Bertz CT molecular complexity index is 668. The number of benzene rings is 1. The van der Waals surface area contributed by atoms with Crippen molar-refractivity contribution in [3.63, 3.8) is 0 Å². The molecule has 0 radical (unpaired) electrons. The number of imide groups is 1. The Morgan fingerprint density at radius 3 is 2.64 bits per heavy atom. The zero-order valence-corrected chi connectivity index (χ0v) is 14.6. The van der Waals surface area contributed by atoms with Crippen molar-refractivity contribution in [1.82, 2.24) is 15.5 Å². The van der Waals surface area contributed by atoms with Crippen molar-refractivity contribution in [3.8, 4) is 0 Å². The zero-order chi connectivity index (χ0) is 17.8. The molecule has 1 unspecified atom stereocenters. The fourth-order valence-electron chi connectivity index (χ4n) is 3.77. The molecule has 2 fully saturated rings. The van der Waals surface area contributed by atoms with Gasteiger partial charge in [-0.15, -0.1) is 0 Å². The van der Waals surface area contributed by atoms with Crippen molar-refractivity contribution in [2.24, 2.45) is 0 Å². The predicted molar refractivity (Wildman–Crippen MR) is 94.3 cm³/mol. The Hall–Kier alpha value is -2.05. The molecule has 2 aliphatic rings. The summed E-state index contributed by atoms with van der Waals surface area (Å²) in [7, 11) is 1.87. The molecule has 6 heteroatoms. The monoisotopic (exact) mass is 343 g/mol. The number of hydrogen-bond acceptors (Lipinski definition) is 5. The number of carbonyl (C=O) groups is 3. The Morgan fingerprint density at radius 1 is 1.20 bits per heavy atom. The molecule has 2 amide bonds. The van der Waals surface area contributed by atoms with Crippen molar-refractivity contribution in [2.75, 3.05) is 20.1 Å². The van der Waals surface area contributed by atoms with Gasteiger partial charge < -0.3 is 5.32 Å². The van der Waals surface area contributed by atoms with E-state index in [1.54, 1.807) is 0 Å². The summed E-state index contributed by atoms with van der Waals surface area (Å²) in [5, 5.41) is 5.76. The van der Waals surface area contributed by atoms with Gasteiger partial charge in [-0.1, -0.05) is 18.2 Å². The highest BCUT2D eigenvalue weighted by atomic mass is 16.2. The molecule has 2 aliphatic heterocycles. The maximum absolute atomic E-state index is 12.1. The van der Waals surface area contributed by atoms with Crippen LogP contribution >= 0.6 is 0 Å². The molecule has 0 aromatic heterocycles. The minimum atomic E-state index is -0.334. The number of carbonyl (C=O) groups excluding carboxylic acids is 3. The molecule has 25 heavy (non-hydrogen) atoms. The SMILES string of the molecule is CN(Cc1cc(C2CCNCC2)ccc1C=O)C1CCC(=O)NC1=O. The van der Waals surface area contributed by atoms with Crippen LogP contribution in [0.5, 0.6) is 0 Å². The van der Waals surface area contributed by atoms with E-state index < -0.39 is 0 Å². The number of nitrogens with one attached hydrogen (secondary N) is 2. The second-order valence-electron chi connectivity index (χ2n) is 6.98. The van der Waals surface area contributed by atoms with E-state index >= 15 is 0 Å². The molecule has 1 atom stereocenters. The van der Waals surface area contributed by atoms with E-state index in [4.69, 9.17) is 0 Å². The van der Waals surface area contributed by atoms with Crippen molar-refractivity contribution in [2.45, 2.75) is 44.2 Å². The van der Waals surface area contributed by atoms with Gasteiger partial charge in [0, 0.05) is 18.5 Å². The van der Waals surface area contributed by atoms with E-state index in [-0.39, 0.29) is 17.9 Å². The summed E-state index contributed by atoms with van der Waals surface area (Å²) in [5.41, 5.74) is 2.87. The molecule has 2 N–H and O–H groups in total. The summed E-state index contributed by atoms with van der Waals surface area (Å²) in [6.07, 6.45) is 3.95. The normalized spacial score (nSPS) is 22.1. The summed E-state index contributed by atoms with van der Waals surface area (Å²) in [6, 6.07) is 5.72. The predicted octanol–water partition coefficient (Wildman–Crippen LogP) is 1.20. The van der Waals surface area contributed by atoms with Gasteiger partial charge in [0.25, 0.3) is 0 Å². The molecular weight excluding hydrogens is 318 g/mol. The molecule has 134 valence electrons. The van der Waals surface area contributed by atoms with Gasteiger partial charge in [0.2, 0.25) is 11.8 Å². The lowest BCUT2D eigenvalue weighted by Gasteiger charge is -2.30. The fraction of sp³-hybridized carbons (Fsp3) is 0.526. The first-order chi connectivity index (χ1) is 12.1. The van der Waals surface area contributed by atoms with Crippen LogP contribution in [0.1, 0.15) is 53.1 Å². The molecule has 0 saturated carbocycles. The number of rotatable bonds is 5. The summed E-state index contributed by atoms with van der Waals surface area (Å²) in [5.74, 6) is 0.0543. The van der Waals surface area contributed by atoms with Gasteiger partial charge in [-0.2, -0.15) is 0 Å². The summed E-state index contributed by atoms with van der Waals surface area (Å²) < 4.78 is 0. The van der Waals surface area contributed by atoms with Crippen LogP contribution in [-0.4, -0.2) is 49.2 Å². The van der Waals surface area contributed by atoms with Crippen LogP contribution < -0.4 is 10.6 Å². The van der Waals surface area contributed by atoms with Gasteiger partial charge in [0.15, 0.2) is 0 Å². The largest absolute Gasteiger partial charge is 0.317 e. The van der Waals surface area contributed by atoms with E-state index in [1.165, 1.54) is 5.56 Å². The van der Waals surface area contributed by atoms with Crippen molar-refractivity contribution >= 4 is 18.1 Å². The number of likely N-dealkylation sites (N-methyl/N-ethyl adjacent to an activating group) is 1. The van der Waals surface area contributed by atoms with Gasteiger partial charge >= 0.3 is 0 Å². The molecule has 1 aromatic carbocycles. The highest BCUT2D eigenvalue weighted by Gasteiger charge is 2.30. The maximum Gasteiger partial charge on any atom is 0.243 e. The Morgan fingerprint density at radius 2 is 1.96 bits per heavy atom. The average Bonchev–Trinajstić information content (AvgIpc) is 2.62. The van der Waals surface area contributed by atoms with Crippen molar-refractivity contribution < 1.29 is 14.4 Å². The Balaban J connectivity index is 1.76. The molecule has 1 aromatic rings. The quantitative estimate of drug-likeness (QED) is 0.620. The molecular formula is C19H25N3O3. The zero-order valence-electron chi connectivity index (χ0n) is 14.6. The van der Waals surface area contributed by atoms with E-state index in [9.17, 15) is 14.4 Å². The van der Waals surface area contributed by atoms with Gasteiger partial charge in [-0.05, 0) is 56.4 Å². The summed E-state index contributed by atoms with van der Waals surface area (Å²) >= 11 is 0. The van der Waals surface area contributed by atoms with Crippen LogP contribution in [0.4, 0.5) is 0 Å². The van der Waals surface area contributed by atoms with E-state index in [0.29, 0.717) is 30.9 Å². The Labute approximate surface area is 148 Å². The number of nitrogens with zero attached hydrogens (tertiary/aromatic N) is 1. The lowest BCUT2D eigenvalue weighted by molar-refractivity contribution is -0.137. The number of aldehydes is 1. The maximum atomic E-state index is 12.1.